The number of likely N-dealkylation sites (N-methyl/N-ethyl adjacent to an activating group) is 1. The third-order valence-electron chi connectivity index (χ3n) is 3.70. The van der Waals surface area contributed by atoms with Crippen molar-refractivity contribution in [3.8, 4) is 0 Å². The van der Waals surface area contributed by atoms with E-state index in [1.165, 1.54) is 25.7 Å². The molecule has 3 nitrogen and oxygen atoms in total. The molecule has 1 saturated carbocycles. The highest BCUT2D eigenvalue weighted by atomic mass is 16.5. The zero-order valence-corrected chi connectivity index (χ0v) is 11.7. The van der Waals surface area contributed by atoms with Gasteiger partial charge in [0.1, 0.15) is 0 Å². The van der Waals surface area contributed by atoms with E-state index in [1.54, 1.807) is 0 Å². The molecule has 0 saturated heterocycles. The molecule has 3 heteroatoms. The molecule has 2 N–H and O–H groups in total. The summed E-state index contributed by atoms with van der Waals surface area (Å²) in [5.41, 5.74) is -0.741. The first kappa shape index (κ1) is 14.9. The summed E-state index contributed by atoms with van der Waals surface area (Å²) in [4.78, 5) is 0. The first-order valence-corrected chi connectivity index (χ1v) is 7.12. The lowest BCUT2D eigenvalue weighted by Gasteiger charge is -2.31. The Morgan fingerprint density at radius 2 is 2.12 bits per heavy atom. The third-order valence-corrected chi connectivity index (χ3v) is 3.70. The molecule has 1 aliphatic rings. The predicted molar refractivity (Wildman–Crippen MR) is 71.2 cm³/mol. The van der Waals surface area contributed by atoms with Crippen LogP contribution in [0.5, 0.6) is 0 Å². The van der Waals surface area contributed by atoms with Gasteiger partial charge in [-0.1, -0.05) is 33.1 Å². The van der Waals surface area contributed by atoms with Crippen LogP contribution in [0.4, 0.5) is 0 Å². The fourth-order valence-electron chi connectivity index (χ4n) is 2.51. The molecule has 0 bridgehead atoms. The Hall–Kier alpha value is -0.120. The van der Waals surface area contributed by atoms with Crippen molar-refractivity contribution in [1.82, 2.24) is 5.32 Å². The highest BCUT2D eigenvalue weighted by Gasteiger charge is 2.25. The number of nitrogens with one attached hydrogen (secondary N) is 1. The molecule has 1 fully saturated rings. The van der Waals surface area contributed by atoms with Crippen molar-refractivity contribution >= 4 is 0 Å². The minimum atomic E-state index is -0.741. The number of rotatable bonds is 7. The average Bonchev–Trinajstić information content (AvgIpc) is 2.34. The number of hydrogen-bond donors (Lipinski definition) is 2. The zero-order chi connectivity index (χ0) is 12.7. The van der Waals surface area contributed by atoms with Gasteiger partial charge in [-0.3, -0.25) is 0 Å². The van der Waals surface area contributed by atoms with E-state index in [9.17, 15) is 5.11 Å². The van der Waals surface area contributed by atoms with E-state index in [1.807, 2.05) is 13.8 Å². The molecule has 0 aromatic rings. The fraction of sp³-hybridized carbons (Fsp3) is 1.00. The quantitative estimate of drug-likeness (QED) is 0.721. The van der Waals surface area contributed by atoms with E-state index < -0.39 is 5.60 Å². The summed E-state index contributed by atoms with van der Waals surface area (Å²) >= 11 is 0. The van der Waals surface area contributed by atoms with Gasteiger partial charge in [0.2, 0.25) is 0 Å². The Labute approximate surface area is 106 Å². The number of hydrogen-bond acceptors (Lipinski definition) is 3. The van der Waals surface area contributed by atoms with Gasteiger partial charge in [-0.25, -0.2) is 0 Å². The van der Waals surface area contributed by atoms with Gasteiger partial charge in [0.05, 0.1) is 18.3 Å². The van der Waals surface area contributed by atoms with Gasteiger partial charge >= 0.3 is 0 Å². The lowest BCUT2D eigenvalue weighted by atomic mass is 9.85. The maximum atomic E-state index is 10.1. The highest BCUT2D eigenvalue weighted by molar-refractivity contribution is 4.78. The van der Waals surface area contributed by atoms with Crippen molar-refractivity contribution in [2.75, 3.05) is 19.7 Å². The smallest absolute Gasteiger partial charge is 0.0975 e. The van der Waals surface area contributed by atoms with Crippen molar-refractivity contribution in [1.29, 1.82) is 0 Å². The minimum absolute atomic E-state index is 0.363. The fourth-order valence-corrected chi connectivity index (χ4v) is 2.51. The van der Waals surface area contributed by atoms with Crippen LogP contribution in [0.3, 0.4) is 0 Å². The van der Waals surface area contributed by atoms with Crippen molar-refractivity contribution in [2.24, 2.45) is 5.92 Å². The third kappa shape index (κ3) is 5.84. The van der Waals surface area contributed by atoms with Gasteiger partial charge < -0.3 is 15.2 Å². The molecule has 0 spiro atoms. The van der Waals surface area contributed by atoms with E-state index in [-0.39, 0.29) is 0 Å². The van der Waals surface area contributed by atoms with E-state index in [0.29, 0.717) is 19.3 Å². The van der Waals surface area contributed by atoms with Gasteiger partial charge in [-0.05, 0) is 32.2 Å². The van der Waals surface area contributed by atoms with Crippen molar-refractivity contribution in [3.05, 3.63) is 0 Å². The average molecular weight is 243 g/mol. The topological polar surface area (TPSA) is 41.5 Å². The van der Waals surface area contributed by atoms with Crippen molar-refractivity contribution < 1.29 is 9.84 Å². The molecule has 1 rings (SSSR count). The standard InChI is InChI=1S/C14H29NO2/c1-4-12-7-6-8-13(9-12)17-11-14(3,16)10-15-5-2/h12-13,15-16H,4-11H2,1-3H3. The first-order valence-electron chi connectivity index (χ1n) is 7.12. The lowest BCUT2D eigenvalue weighted by Crippen LogP contribution is -2.43. The van der Waals surface area contributed by atoms with Crippen molar-refractivity contribution in [2.45, 2.75) is 64.6 Å². The van der Waals surface area contributed by atoms with E-state index in [4.69, 9.17) is 4.74 Å². The first-order chi connectivity index (χ1) is 8.07. The number of ether oxygens (including phenoxy) is 1. The van der Waals surface area contributed by atoms with E-state index in [0.717, 1.165) is 18.9 Å². The molecular weight excluding hydrogens is 214 g/mol. The molecule has 3 unspecified atom stereocenters. The molecule has 17 heavy (non-hydrogen) atoms. The van der Waals surface area contributed by atoms with Gasteiger partial charge in [0.25, 0.3) is 0 Å². The molecule has 3 atom stereocenters. The number of aliphatic hydroxyl groups is 1. The second-order valence-corrected chi connectivity index (χ2v) is 5.65. The van der Waals surface area contributed by atoms with Crippen LogP contribution < -0.4 is 5.32 Å². The molecule has 0 amide bonds. The Kier molecular flexibility index (Phi) is 6.45. The van der Waals surface area contributed by atoms with Crippen LogP contribution >= 0.6 is 0 Å². The van der Waals surface area contributed by atoms with Gasteiger partial charge in [0.15, 0.2) is 0 Å². The van der Waals surface area contributed by atoms with Crippen LogP contribution in [0.15, 0.2) is 0 Å². The minimum Gasteiger partial charge on any atom is -0.386 e. The van der Waals surface area contributed by atoms with E-state index in [2.05, 4.69) is 12.2 Å². The highest BCUT2D eigenvalue weighted by Crippen LogP contribution is 2.28. The zero-order valence-electron chi connectivity index (χ0n) is 11.7. The molecule has 0 aromatic carbocycles. The Morgan fingerprint density at radius 1 is 1.35 bits per heavy atom. The van der Waals surface area contributed by atoms with Crippen LogP contribution in [-0.2, 0) is 4.74 Å². The molecule has 0 aromatic heterocycles. The summed E-state index contributed by atoms with van der Waals surface area (Å²) in [6.45, 7) is 8.08. The van der Waals surface area contributed by atoms with Crippen LogP contribution in [-0.4, -0.2) is 36.5 Å². The molecular formula is C14H29NO2. The second kappa shape index (κ2) is 7.34. The Morgan fingerprint density at radius 3 is 2.76 bits per heavy atom. The van der Waals surface area contributed by atoms with Gasteiger partial charge in [-0.15, -0.1) is 0 Å². The monoisotopic (exact) mass is 243 g/mol. The maximum absolute atomic E-state index is 10.1. The molecule has 0 aliphatic heterocycles. The van der Waals surface area contributed by atoms with Gasteiger partial charge in [0, 0.05) is 6.54 Å². The summed E-state index contributed by atoms with van der Waals surface area (Å²) < 4.78 is 5.89. The Balaban J connectivity index is 2.24. The Bertz CT molecular complexity index is 206. The van der Waals surface area contributed by atoms with Crippen LogP contribution in [0.2, 0.25) is 0 Å². The molecule has 102 valence electrons. The van der Waals surface area contributed by atoms with E-state index >= 15 is 0 Å². The maximum Gasteiger partial charge on any atom is 0.0975 e. The van der Waals surface area contributed by atoms with Crippen LogP contribution in [0.1, 0.15) is 52.9 Å². The summed E-state index contributed by atoms with van der Waals surface area (Å²) in [6, 6.07) is 0. The van der Waals surface area contributed by atoms with Gasteiger partial charge in [-0.2, -0.15) is 0 Å². The van der Waals surface area contributed by atoms with Crippen LogP contribution in [0.25, 0.3) is 0 Å². The predicted octanol–water partition coefficient (Wildman–Crippen LogP) is 2.33. The van der Waals surface area contributed by atoms with Crippen LogP contribution in [0, 0.1) is 5.92 Å². The molecule has 0 radical (unpaired) electrons. The summed E-state index contributed by atoms with van der Waals surface area (Å²) in [5.74, 6) is 0.826. The van der Waals surface area contributed by atoms with Crippen molar-refractivity contribution in [3.63, 3.8) is 0 Å². The molecule has 1 aliphatic carbocycles. The lowest BCUT2D eigenvalue weighted by molar-refractivity contribution is -0.0756. The summed E-state index contributed by atoms with van der Waals surface area (Å²) in [5, 5.41) is 13.3. The normalized spacial score (nSPS) is 28.9. The summed E-state index contributed by atoms with van der Waals surface area (Å²) in [7, 11) is 0. The summed E-state index contributed by atoms with van der Waals surface area (Å²) in [6.07, 6.45) is 6.58. The SMILES string of the molecule is CCNCC(C)(O)COC1CCCC(CC)C1. The molecule has 0 heterocycles. The second-order valence-electron chi connectivity index (χ2n) is 5.65. The largest absolute Gasteiger partial charge is 0.386 e.